The summed E-state index contributed by atoms with van der Waals surface area (Å²) < 4.78 is 32.7. The topological polar surface area (TPSA) is 149 Å². The summed E-state index contributed by atoms with van der Waals surface area (Å²) in [5.74, 6) is 0.460. The van der Waals surface area contributed by atoms with Gasteiger partial charge in [-0.1, -0.05) is 23.7 Å². The van der Waals surface area contributed by atoms with Gasteiger partial charge in [0, 0.05) is 26.2 Å². The molecule has 2 heterocycles. The SMILES string of the molecule is CCN1C(=O)C(NC(=O)CN(C)C)CCc2c1ccc(Nc1ncc(Cl)c(Nc3ccccc3S(=O)(=O)N(C)C)n1)c2OC. The largest absolute Gasteiger partial charge is 0.494 e. The van der Waals surface area contributed by atoms with Crippen molar-refractivity contribution in [1.82, 2.24) is 24.5 Å². The van der Waals surface area contributed by atoms with Crippen LogP contribution in [0.2, 0.25) is 5.02 Å². The minimum atomic E-state index is -3.75. The third kappa shape index (κ3) is 7.04. The first-order valence-corrected chi connectivity index (χ1v) is 15.7. The predicted molar refractivity (Wildman–Crippen MR) is 171 cm³/mol. The standard InChI is InChI=1S/C29H37ClN8O5S/c1-7-38-23-15-14-21(26(43-6)18(23)12-13-22(28(38)40)32-25(39)17-36(2)3)34-29-31-16-19(30)27(35-29)33-20-10-8-9-11-24(20)44(41,42)37(4)5/h8-11,14-16,22H,7,12-13,17H2,1-6H3,(H,32,39)(H2,31,33,34,35). The molecule has 0 aliphatic carbocycles. The zero-order chi connectivity index (χ0) is 32.2. The minimum absolute atomic E-state index is 0.0628. The summed E-state index contributed by atoms with van der Waals surface area (Å²) in [7, 11) is 4.29. The molecule has 15 heteroatoms. The first-order valence-electron chi connectivity index (χ1n) is 13.9. The van der Waals surface area contributed by atoms with Crippen LogP contribution in [0.1, 0.15) is 18.9 Å². The van der Waals surface area contributed by atoms with E-state index >= 15 is 0 Å². The monoisotopic (exact) mass is 644 g/mol. The number of benzene rings is 2. The number of amides is 2. The molecule has 2 aromatic carbocycles. The van der Waals surface area contributed by atoms with Crippen molar-refractivity contribution >= 4 is 62.3 Å². The number of nitrogens with zero attached hydrogens (tertiary/aromatic N) is 5. The van der Waals surface area contributed by atoms with Crippen molar-refractivity contribution in [2.24, 2.45) is 0 Å². The summed E-state index contributed by atoms with van der Waals surface area (Å²) in [5.41, 5.74) is 2.34. The van der Waals surface area contributed by atoms with Crippen LogP contribution in [0.5, 0.6) is 5.75 Å². The molecular formula is C29H37ClN8O5S. The van der Waals surface area contributed by atoms with Gasteiger partial charge in [-0.05, 0) is 58.1 Å². The maximum Gasteiger partial charge on any atom is 0.249 e. The van der Waals surface area contributed by atoms with Crippen molar-refractivity contribution in [3.63, 3.8) is 0 Å². The predicted octanol–water partition coefficient (Wildman–Crippen LogP) is 3.22. The van der Waals surface area contributed by atoms with Crippen LogP contribution in [0.25, 0.3) is 0 Å². The molecule has 1 unspecified atom stereocenters. The lowest BCUT2D eigenvalue weighted by atomic mass is 10.0. The van der Waals surface area contributed by atoms with Gasteiger partial charge < -0.3 is 30.5 Å². The van der Waals surface area contributed by atoms with Crippen molar-refractivity contribution in [2.45, 2.75) is 30.7 Å². The zero-order valence-corrected chi connectivity index (χ0v) is 27.1. The van der Waals surface area contributed by atoms with E-state index in [-0.39, 0.29) is 40.0 Å². The number of methoxy groups -OCH3 is 1. The zero-order valence-electron chi connectivity index (χ0n) is 25.5. The molecule has 3 N–H and O–H groups in total. The lowest BCUT2D eigenvalue weighted by molar-refractivity contribution is -0.128. The Balaban J connectivity index is 1.64. The van der Waals surface area contributed by atoms with E-state index in [9.17, 15) is 18.0 Å². The summed E-state index contributed by atoms with van der Waals surface area (Å²) in [4.78, 5) is 38.2. The van der Waals surface area contributed by atoms with Crippen LogP contribution in [0.4, 0.5) is 28.8 Å². The molecule has 3 aromatic rings. The number of ether oxygens (including phenoxy) is 1. The molecule has 1 aliphatic heterocycles. The van der Waals surface area contributed by atoms with E-state index in [1.807, 2.05) is 13.0 Å². The van der Waals surface area contributed by atoms with Gasteiger partial charge in [0.2, 0.25) is 27.8 Å². The highest BCUT2D eigenvalue weighted by molar-refractivity contribution is 7.89. The van der Waals surface area contributed by atoms with Gasteiger partial charge in [-0.15, -0.1) is 0 Å². The Hall–Kier alpha value is -3.98. The fraction of sp³-hybridized carbons (Fsp3) is 0.379. The summed E-state index contributed by atoms with van der Waals surface area (Å²) >= 11 is 6.40. The van der Waals surface area contributed by atoms with Crippen LogP contribution in [0.3, 0.4) is 0 Å². The normalized spacial score (nSPS) is 15.2. The molecule has 0 saturated heterocycles. The van der Waals surface area contributed by atoms with Crippen molar-refractivity contribution in [3.8, 4) is 5.75 Å². The molecule has 1 atom stereocenters. The van der Waals surface area contributed by atoms with E-state index < -0.39 is 16.1 Å². The van der Waals surface area contributed by atoms with Crippen LogP contribution >= 0.6 is 11.6 Å². The Morgan fingerprint density at radius 1 is 1.11 bits per heavy atom. The Morgan fingerprint density at radius 2 is 1.84 bits per heavy atom. The average molecular weight is 645 g/mol. The van der Waals surface area contributed by atoms with Crippen LogP contribution in [-0.2, 0) is 26.0 Å². The van der Waals surface area contributed by atoms with Gasteiger partial charge in [-0.3, -0.25) is 9.59 Å². The number of rotatable bonds is 11. The Bertz CT molecular complexity index is 1650. The molecule has 2 amide bonds. The fourth-order valence-electron chi connectivity index (χ4n) is 4.90. The van der Waals surface area contributed by atoms with E-state index in [0.29, 0.717) is 42.2 Å². The third-order valence-electron chi connectivity index (χ3n) is 6.98. The molecule has 0 spiro atoms. The third-order valence-corrected chi connectivity index (χ3v) is 9.13. The molecule has 4 rings (SSSR count). The number of carbonyl (C=O) groups excluding carboxylic acids is 2. The second-order valence-corrected chi connectivity index (χ2v) is 13.1. The average Bonchev–Trinajstić information content (AvgIpc) is 3.10. The quantitative estimate of drug-likeness (QED) is 0.284. The number of carbonyl (C=O) groups is 2. The first-order chi connectivity index (χ1) is 20.9. The van der Waals surface area contributed by atoms with Crippen LogP contribution in [0.15, 0.2) is 47.5 Å². The highest BCUT2D eigenvalue weighted by Gasteiger charge is 2.33. The number of fused-ring (bicyclic) bond motifs is 1. The van der Waals surface area contributed by atoms with E-state index in [0.717, 1.165) is 9.87 Å². The summed E-state index contributed by atoms with van der Waals surface area (Å²) in [6, 6.07) is 9.36. The molecule has 0 saturated carbocycles. The molecule has 236 valence electrons. The van der Waals surface area contributed by atoms with Gasteiger partial charge in [0.15, 0.2) is 5.82 Å². The van der Waals surface area contributed by atoms with Crippen molar-refractivity contribution < 1.29 is 22.7 Å². The Kier molecular flexibility index (Phi) is 10.3. The molecule has 13 nitrogen and oxygen atoms in total. The van der Waals surface area contributed by atoms with E-state index in [1.54, 1.807) is 48.2 Å². The number of sulfonamides is 1. The molecule has 0 bridgehead atoms. The molecular weight excluding hydrogens is 608 g/mol. The number of hydrogen-bond acceptors (Lipinski definition) is 10. The van der Waals surface area contributed by atoms with E-state index in [4.69, 9.17) is 16.3 Å². The van der Waals surface area contributed by atoms with Gasteiger partial charge in [-0.25, -0.2) is 17.7 Å². The summed E-state index contributed by atoms with van der Waals surface area (Å²) in [5, 5.41) is 9.25. The molecule has 1 aromatic heterocycles. The number of anilines is 5. The second kappa shape index (κ2) is 13.8. The van der Waals surface area contributed by atoms with Crippen molar-refractivity contribution in [1.29, 1.82) is 0 Å². The van der Waals surface area contributed by atoms with Gasteiger partial charge in [0.1, 0.15) is 21.7 Å². The number of nitrogens with one attached hydrogen (secondary N) is 3. The maximum atomic E-state index is 13.4. The fourth-order valence-corrected chi connectivity index (χ4v) is 6.08. The molecule has 0 fully saturated rings. The number of para-hydroxylation sites is 1. The minimum Gasteiger partial charge on any atom is -0.494 e. The summed E-state index contributed by atoms with van der Waals surface area (Å²) in [6.45, 7) is 2.46. The number of likely N-dealkylation sites (N-methyl/N-ethyl adjacent to an activating group) is 2. The van der Waals surface area contributed by atoms with Gasteiger partial charge in [0.05, 0.1) is 36.9 Å². The van der Waals surface area contributed by atoms with Crippen LogP contribution in [0, 0.1) is 0 Å². The van der Waals surface area contributed by atoms with Gasteiger partial charge in [-0.2, -0.15) is 4.98 Å². The number of halogens is 1. The van der Waals surface area contributed by atoms with E-state index in [2.05, 4.69) is 25.9 Å². The molecule has 1 aliphatic rings. The lowest BCUT2D eigenvalue weighted by Gasteiger charge is -2.26. The Labute approximate surface area is 262 Å². The van der Waals surface area contributed by atoms with Crippen LogP contribution < -0.4 is 25.6 Å². The summed E-state index contributed by atoms with van der Waals surface area (Å²) in [6.07, 6.45) is 2.26. The maximum absolute atomic E-state index is 13.4. The lowest BCUT2D eigenvalue weighted by Crippen LogP contribution is -2.49. The Morgan fingerprint density at radius 3 is 2.50 bits per heavy atom. The van der Waals surface area contributed by atoms with Gasteiger partial charge in [0.25, 0.3) is 0 Å². The number of aromatic nitrogens is 2. The van der Waals surface area contributed by atoms with Gasteiger partial charge >= 0.3 is 0 Å². The smallest absolute Gasteiger partial charge is 0.249 e. The van der Waals surface area contributed by atoms with E-state index in [1.165, 1.54) is 33.5 Å². The molecule has 0 radical (unpaired) electrons. The highest BCUT2D eigenvalue weighted by atomic mass is 35.5. The first kappa shape index (κ1) is 32.9. The molecule has 44 heavy (non-hydrogen) atoms. The van der Waals surface area contributed by atoms with Crippen molar-refractivity contribution in [2.75, 3.05) is 63.9 Å². The second-order valence-electron chi connectivity index (χ2n) is 10.5. The number of hydrogen-bond donors (Lipinski definition) is 3. The van der Waals surface area contributed by atoms with Crippen molar-refractivity contribution in [3.05, 3.63) is 53.2 Å². The van der Waals surface area contributed by atoms with Crippen LogP contribution in [-0.4, -0.2) is 93.8 Å². The highest BCUT2D eigenvalue weighted by Crippen LogP contribution is 2.40.